The van der Waals surface area contributed by atoms with Crippen molar-refractivity contribution in [2.24, 2.45) is 0 Å². The highest BCUT2D eigenvalue weighted by Crippen LogP contribution is 2.30. The first-order valence-electron chi connectivity index (χ1n) is 5.83. The fourth-order valence-electron chi connectivity index (χ4n) is 1.60. The first-order valence-corrected chi connectivity index (χ1v) is 5.83. The number of hydrogen-bond donors (Lipinski definition) is 2. The predicted octanol–water partition coefficient (Wildman–Crippen LogP) is 0.713. The Hall–Kier alpha value is -1.75. The number of benzene rings is 1. The maximum absolute atomic E-state index is 12.0. The normalized spacial score (nSPS) is 18.3. The van der Waals surface area contributed by atoms with E-state index >= 15 is 0 Å². The number of ether oxygens (including phenoxy) is 2. The van der Waals surface area contributed by atoms with Crippen LogP contribution < -0.4 is 14.8 Å². The summed E-state index contributed by atoms with van der Waals surface area (Å²) in [5.41, 5.74) is -0.669. The third-order valence-corrected chi connectivity index (χ3v) is 2.66. The summed E-state index contributed by atoms with van der Waals surface area (Å²) in [6.07, 6.45) is -0.689. The number of aliphatic hydroxyl groups is 1. The van der Waals surface area contributed by atoms with Gasteiger partial charge in [0.1, 0.15) is 6.61 Å². The molecule has 98 valence electrons. The summed E-state index contributed by atoms with van der Waals surface area (Å²) in [5.74, 6) is 0.914. The smallest absolute Gasteiger partial charge is 0.265 e. The molecule has 0 saturated carbocycles. The van der Waals surface area contributed by atoms with Gasteiger partial charge in [-0.3, -0.25) is 4.79 Å². The molecular weight excluding hydrogens is 234 g/mol. The summed E-state index contributed by atoms with van der Waals surface area (Å²) in [6, 6.07) is 7.21. The quantitative estimate of drug-likeness (QED) is 0.830. The average molecular weight is 251 g/mol. The van der Waals surface area contributed by atoms with E-state index in [0.29, 0.717) is 11.5 Å². The van der Waals surface area contributed by atoms with Gasteiger partial charge < -0.3 is 19.9 Å². The lowest BCUT2D eigenvalue weighted by atomic mass is 10.1. The summed E-state index contributed by atoms with van der Waals surface area (Å²) in [4.78, 5) is 12.0. The number of fused-ring (bicyclic) bond motifs is 1. The highest BCUT2D eigenvalue weighted by Gasteiger charge is 2.30. The van der Waals surface area contributed by atoms with Crippen molar-refractivity contribution in [3.8, 4) is 11.5 Å². The van der Waals surface area contributed by atoms with Crippen molar-refractivity contribution in [2.45, 2.75) is 25.5 Å². The minimum absolute atomic E-state index is 0.136. The maximum atomic E-state index is 12.0. The van der Waals surface area contributed by atoms with Crippen LogP contribution in [0.5, 0.6) is 11.5 Å². The van der Waals surface area contributed by atoms with Crippen LogP contribution in [0.2, 0.25) is 0 Å². The van der Waals surface area contributed by atoms with Crippen molar-refractivity contribution < 1.29 is 19.4 Å². The zero-order valence-electron chi connectivity index (χ0n) is 10.5. The van der Waals surface area contributed by atoms with Crippen molar-refractivity contribution in [2.75, 3.05) is 13.2 Å². The number of amides is 1. The molecule has 0 fully saturated rings. The Morgan fingerprint density at radius 1 is 1.44 bits per heavy atom. The van der Waals surface area contributed by atoms with Crippen molar-refractivity contribution in [1.82, 2.24) is 5.32 Å². The molecule has 0 saturated heterocycles. The van der Waals surface area contributed by atoms with Crippen LogP contribution in [0.4, 0.5) is 0 Å². The van der Waals surface area contributed by atoms with Crippen LogP contribution in [0, 0.1) is 0 Å². The summed E-state index contributed by atoms with van der Waals surface area (Å²) >= 11 is 0. The SMILES string of the molecule is CC(C)(CO)NC(=O)[C@@H]1COc2ccccc2O1. The largest absolute Gasteiger partial charge is 0.485 e. The molecule has 18 heavy (non-hydrogen) atoms. The van der Waals surface area contributed by atoms with Crippen molar-refractivity contribution >= 4 is 5.91 Å². The Bertz CT molecular complexity index is 444. The molecule has 5 heteroatoms. The molecular formula is C13H17NO4. The van der Waals surface area contributed by atoms with Gasteiger partial charge in [0.25, 0.3) is 5.91 Å². The lowest BCUT2D eigenvalue weighted by molar-refractivity contribution is -0.132. The van der Waals surface area contributed by atoms with Gasteiger partial charge in [0.2, 0.25) is 6.10 Å². The number of carbonyl (C=O) groups excluding carboxylic acids is 1. The lowest BCUT2D eigenvalue weighted by Gasteiger charge is -2.29. The van der Waals surface area contributed by atoms with Crippen molar-refractivity contribution in [1.29, 1.82) is 0 Å². The van der Waals surface area contributed by atoms with Gasteiger partial charge in [-0.1, -0.05) is 12.1 Å². The van der Waals surface area contributed by atoms with Gasteiger partial charge in [-0.05, 0) is 26.0 Å². The van der Waals surface area contributed by atoms with Crippen LogP contribution in [-0.4, -0.2) is 35.9 Å². The van der Waals surface area contributed by atoms with Crippen LogP contribution in [0.3, 0.4) is 0 Å². The molecule has 1 aromatic carbocycles. The van der Waals surface area contributed by atoms with Gasteiger partial charge in [0, 0.05) is 0 Å². The molecule has 0 aromatic heterocycles. The van der Waals surface area contributed by atoms with E-state index in [-0.39, 0.29) is 19.1 Å². The topological polar surface area (TPSA) is 67.8 Å². The van der Waals surface area contributed by atoms with Gasteiger partial charge in [0.15, 0.2) is 11.5 Å². The van der Waals surface area contributed by atoms with E-state index in [2.05, 4.69) is 5.32 Å². The van der Waals surface area contributed by atoms with E-state index in [1.54, 1.807) is 26.0 Å². The molecule has 1 aromatic rings. The Balaban J connectivity index is 2.03. The summed E-state index contributed by atoms with van der Waals surface area (Å²) < 4.78 is 11.0. The second-order valence-corrected chi connectivity index (χ2v) is 4.90. The molecule has 0 aliphatic carbocycles. The number of para-hydroxylation sites is 2. The first kappa shape index (κ1) is 12.7. The van der Waals surface area contributed by atoms with Crippen LogP contribution in [0.25, 0.3) is 0 Å². The number of rotatable bonds is 3. The minimum Gasteiger partial charge on any atom is -0.485 e. The van der Waals surface area contributed by atoms with E-state index in [9.17, 15) is 4.79 Å². The van der Waals surface area contributed by atoms with Gasteiger partial charge in [-0.2, -0.15) is 0 Å². The monoisotopic (exact) mass is 251 g/mol. The van der Waals surface area contributed by atoms with Crippen LogP contribution >= 0.6 is 0 Å². The molecule has 1 atom stereocenters. The second kappa shape index (κ2) is 4.86. The predicted molar refractivity (Wildman–Crippen MR) is 65.7 cm³/mol. The van der Waals surface area contributed by atoms with E-state index in [1.165, 1.54) is 0 Å². The van der Waals surface area contributed by atoms with E-state index in [0.717, 1.165) is 0 Å². The number of nitrogens with one attached hydrogen (secondary N) is 1. The van der Waals surface area contributed by atoms with Crippen molar-refractivity contribution in [3.63, 3.8) is 0 Å². The molecule has 0 spiro atoms. The molecule has 0 radical (unpaired) electrons. The fraction of sp³-hybridized carbons (Fsp3) is 0.462. The first-order chi connectivity index (χ1) is 8.52. The highest BCUT2D eigenvalue weighted by atomic mass is 16.6. The molecule has 2 rings (SSSR count). The Labute approximate surface area is 106 Å². The molecule has 0 bridgehead atoms. The van der Waals surface area contributed by atoms with E-state index in [1.807, 2.05) is 12.1 Å². The maximum Gasteiger partial charge on any atom is 0.265 e. The zero-order chi connectivity index (χ0) is 13.2. The summed E-state index contributed by atoms with van der Waals surface area (Å²) in [5, 5.41) is 11.8. The summed E-state index contributed by atoms with van der Waals surface area (Å²) in [7, 11) is 0. The molecule has 2 N–H and O–H groups in total. The molecule has 1 heterocycles. The third kappa shape index (κ3) is 2.73. The lowest BCUT2D eigenvalue weighted by Crippen LogP contribution is -2.53. The van der Waals surface area contributed by atoms with Gasteiger partial charge in [0.05, 0.1) is 12.1 Å². The molecule has 5 nitrogen and oxygen atoms in total. The fourth-order valence-corrected chi connectivity index (χ4v) is 1.60. The van der Waals surface area contributed by atoms with Gasteiger partial charge >= 0.3 is 0 Å². The van der Waals surface area contributed by atoms with Crippen molar-refractivity contribution in [3.05, 3.63) is 24.3 Å². The van der Waals surface area contributed by atoms with Crippen LogP contribution in [0.1, 0.15) is 13.8 Å². The highest BCUT2D eigenvalue weighted by molar-refractivity contribution is 5.82. The Kier molecular flexibility index (Phi) is 3.43. The van der Waals surface area contributed by atoms with E-state index in [4.69, 9.17) is 14.6 Å². The van der Waals surface area contributed by atoms with E-state index < -0.39 is 11.6 Å². The number of carbonyl (C=O) groups is 1. The van der Waals surface area contributed by atoms with Gasteiger partial charge in [-0.15, -0.1) is 0 Å². The number of hydrogen-bond acceptors (Lipinski definition) is 4. The number of aliphatic hydroxyl groups excluding tert-OH is 1. The molecule has 0 unspecified atom stereocenters. The van der Waals surface area contributed by atoms with Crippen LogP contribution in [0.15, 0.2) is 24.3 Å². The van der Waals surface area contributed by atoms with Gasteiger partial charge in [-0.25, -0.2) is 0 Å². The third-order valence-electron chi connectivity index (χ3n) is 2.66. The molecule has 1 aliphatic rings. The average Bonchev–Trinajstić information content (AvgIpc) is 2.37. The Morgan fingerprint density at radius 3 is 2.78 bits per heavy atom. The summed E-state index contributed by atoms with van der Waals surface area (Å²) in [6.45, 7) is 3.51. The standard InChI is InChI=1S/C13H17NO4/c1-13(2,8-15)14-12(16)11-7-17-9-5-3-4-6-10(9)18-11/h3-6,11,15H,7-8H2,1-2H3,(H,14,16)/t11-/m0/s1. The Morgan fingerprint density at radius 2 is 2.11 bits per heavy atom. The molecule has 1 amide bonds. The minimum atomic E-state index is -0.689. The molecule has 1 aliphatic heterocycles. The zero-order valence-corrected chi connectivity index (χ0v) is 10.5. The second-order valence-electron chi connectivity index (χ2n) is 4.90. The van der Waals surface area contributed by atoms with Crippen LogP contribution in [-0.2, 0) is 4.79 Å².